The highest BCUT2D eigenvalue weighted by molar-refractivity contribution is 5.78. The van der Waals surface area contributed by atoms with Crippen molar-refractivity contribution in [1.82, 2.24) is 4.90 Å². The van der Waals surface area contributed by atoms with Gasteiger partial charge in [-0.1, -0.05) is 0 Å². The van der Waals surface area contributed by atoms with Crippen LogP contribution in [0.3, 0.4) is 0 Å². The lowest BCUT2D eigenvalue weighted by molar-refractivity contribution is -0.144. The molecule has 0 aromatic carbocycles. The van der Waals surface area contributed by atoms with Crippen molar-refractivity contribution in [3.63, 3.8) is 0 Å². The van der Waals surface area contributed by atoms with E-state index in [4.69, 9.17) is 18.9 Å². The fraction of sp³-hybridized carbons (Fsp3) is 0.867. The zero-order valence-electron chi connectivity index (χ0n) is 14.0. The zero-order chi connectivity index (χ0) is 16.7. The number of epoxide rings is 1. The van der Waals surface area contributed by atoms with E-state index in [0.29, 0.717) is 13.2 Å². The standard InChI is InChI=1S/C15H25NO6/c1-7-19-12(17)11-10(21-11)9-8-20-15(5,6)16(9)13(18)22-14(2,3)4/h9-11H,7-8H2,1-6H3/t9-,10+,11+/m0/s1. The van der Waals surface area contributed by atoms with Gasteiger partial charge in [-0.3, -0.25) is 4.90 Å². The number of amides is 1. The molecule has 0 saturated carbocycles. The number of hydrogen-bond donors (Lipinski definition) is 0. The monoisotopic (exact) mass is 315 g/mol. The first kappa shape index (κ1) is 17.0. The predicted octanol–water partition coefficient (Wildman–Crippen LogP) is 1.69. The van der Waals surface area contributed by atoms with Crippen LogP contribution in [0.15, 0.2) is 0 Å². The maximum absolute atomic E-state index is 12.5. The Kier molecular flexibility index (Phi) is 4.41. The molecule has 3 atom stereocenters. The second-order valence-corrected chi connectivity index (χ2v) is 6.95. The molecule has 22 heavy (non-hydrogen) atoms. The Morgan fingerprint density at radius 2 is 1.95 bits per heavy atom. The number of carbonyl (C=O) groups is 2. The molecule has 2 aliphatic heterocycles. The van der Waals surface area contributed by atoms with E-state index in [2.05, 4.69) is 0 Å². The molecular weight excluding hydrogens is 290 g/mol. The van der Waals surface area contributed by atoms with Gasteiger partial charge in [0.25, 0.3) is 0 Å². The first-order valence-electron chi connectivity index (χ1n) is 7.55. The lowest BCUT2D eigenvalue weighted by atomic mass is 10.1. The number of carbonyl (C=O) groups excluding carboxylic acids is 2. The van der Waals surface area contributed by atoms with Crippen molar-refractivity contribution in [3.05, 3.63) is 0 Å². The lowest BCUT2D eigenvalue weighted by Crippen LogP contribution is -2.51. The summed E-state index contributed by atoms with van der Waals surface area (Å²) in [5.41, 5.74) is -1.41. The van der Waals surface area contributed by atoms with Crippen LogP contribution in [0, 0.1) is 0 Å². The Labute approximate surface area is 130 Å². The molecule has 0 aromatic rings. The van der Waals surface area contributed by atoms with Crippen LogP contribution in [0.25, 0.3) is 0 Å². The largest absolute Gasteiger partial charge is 0.464 e. The summed E-state index contributed by atoms with van der Waals surface area (Å²) in [6, 6.07) is -0.362. The molecule has 0 radical (unpaired) electrons. The SMILES string of the molecule is CCOC(=O)[C@@H]1O[C@@H]1[C@@H]1COC(C)(C)N1C(=O)OC(C)(C)C. The molecule has 7 heteroatoms. The number of ether oxygens (including phenoxy) is 4. The molecular formula is C15H25NO6. The average molecular weight is 315 g/mol. The highest BCUT2D eigenvalue weighted by Gasteiger charge is 2.59. The average Bonchev–Trinajstić information content (AvgIpc) is 3.06. The number of hydrogen-bond acceptors (Lipinski definition) is 6. The molecule has 0 aliphatic carbocycles. The lowest BCUT2D eigenvalue weighted by Gasteiger charge is -2.34. The summed E-state index contributed by atoms with van der Waals surface area (Å²) >= 11 is 0. The number of nitrogens with zero attached hydrogens (tertiary/aromatic N) is 1. The van der Waals surface area contributed by atoms with Gasteiger partial charge in [-0.2, -0.15) is 0 Å². The Hall–Kier alpha value is -1.34. The third-order valence-corrected chi connectivity index (χ3v) is 3.53. The summed E-state index contributed by atoms with van der Waals surface area (Å²) in [5.74, 6) is -0.402. The zero-order valence-corrected chi connectivity index (χ0v) is 14.0. The van der Waals surface area contributed by atoms with E-state index in [9.17, 15) is 9.59 Å². The summed E-state index contributed by atoms with van der Waals surface area (Å²) in [6.07, 6.45) is -1.51. The van der Waals surface area contributed by atoms with Gasteiger partial charge in [-0.15, -0.1) is 0 Å². The third-order valence-electron chi connectivity index (χ3n) is 3.53. The summed E-state index contributed by atoms with van der Waals surface area (Å²) in [5, 5.41) is 0. The maximum atomic E-state index is 12.5. The van der Waals surface area contributed by atoms with Crippen molar-refractivity contribution in [2.45, 2.75) is 71.1 Å². The molecule has 2 fully saturated rings. The molecule has 2 saturated heterocycles. The van der Waals surface area contributed by atoms with Crippen LogP contribution in [0.5, 0.6) is 0 Å². The molecule has 126 valence electrons. The Balaban J connectivity index is 2.08. The Morgan fingerprint density at radius 3 is 2.50 bits per heavy atom. The van der Waals surface area contributed by atoms with Gasteiger partial charge < -0.3 is 18.9 Å². The van der Waals surface area contributed by atoms with Crippen LogP contribution in [-0.2, 0) is 23.7 Å². The molecule has 0 spiro atoms. The van der Waals surface area contributed by atoms with Gasteiger partial charge in [0.2, 0.25) is 0 Å². The van der Waals surface area contributed by atoms with E-state index in [1.807, 2.05) is 0 Å². The molecule has 0 unspecified atom stereocenters. The fourth-order valence-corrected chi connectivity index (χ4v) is 2.57. The summed E-state index contributed by atoms with van der Waals surface area (Å²) in [7, 11) is 0. The van der Waals surface area contributed by atoms with Crippen molar-refractivity contribution in [2.75, 3.05) is 13.2 Å². The smallest absolute Gasteiger partial charge is 0.412 e. The second kappa shape index (κ2) is 5.70. The van der Waals surface area contributed by atoms with Crippen LogP contribution >= 0.6 is 0 Å². The van der Waals surface area contributed by atoms with Crippen LogP contribution < -0.4 is 0 Å². The van der Waals surface area contributed by atoms with Crippen LogP contribution in [-0.4, -0.2) is 59.8 Å². The van der Waals surface area contributed by atoms with Crippen LogP contribution in [0.1, 0.15) is 41.5 Å². The Bertz CT molecular complexity index is 455. The Morgan fingerprint density at radius 1 is 1.32 bits per heavy atom. The van der Waals surface area contributed by atoms with E-state index in [1.165, 1.54) is 4.90 Å². The van der Waals surface area contributed by atoms with Crippen LogP contribution in [0.2, 0.25) is 0 Å². The van der Waals surface area contributed by atoms with E-state index < -0.39 is 35.6 Å². The molecule has 7 nitrogen and oxygen atoms in total. The summed E-state index contributed by atoms with van der Waals surface area (Å²) < 4.78 is 21.5. The van der Waals surface area contributed by atoms with E-state index in [1.54, 1.807) is 41.5 Å². The molecule has 0 aromatic heterocycles. The second-order valence-electron chi connectivity index (χ2n) is 6.95. The minimum atomic E-state index is -0.807. The van der Waals surface area contributed by atoms with Crippen molar-refractivity contribution in [3.8, 4) is 0 Å². The summed E-state index contributed by atoms with van der Waals surface area (Å²) in [6.45, 7) is 11.3. The normalized spacial score (nSPS) is 30.1. The minimum absolute atomic E-state index is 0.298. The molecule has 0 N–H and O–H groups in total. The number of rotatable bonds is 3. The third kappa shape index (κ3) is 3.52. The first-order valence-corrected chi connectivity index (χ1v) is 7.55. The molecule has 2 rings (SSSR count). The van der Waals surface area contributed by atoms with E-state index in [-0.39, 0.29) is 6.04 Å². The van der Waals surface area contributed by atoms with Gasteiger partial charge in [0, 0.05) is 0 Å². The van der Waals surface area contributed by atoms with Crippen molar-refractivity contribution < 1.29 is 28.5 Å². The van der Waals surface area contributed by atoms with Gasteiger partial charge in [0.05, 0.1) is 19.3 Å². The van der Waals surface area contributed by atoms with Gasteiger partial charge >= 0.3 is 12.1 Å². The van der Waals surface area contributed by atoms with Gasteiger partial charge in [-0.05, 0) is 41.5 Å². The van der Waals surface area contributed by atoms with Gasteiger partial charge in [0.15, 0.2) is 6.10 Å². The molecule has 1 amide bonds. The van der Waals surface area contributed by atoms with E-state index >= 15 is 0 Å². The quantitative estimate of drug-likeness (QED) is 0.582. The highest BCUT2D eigenvalue weighted by Crippen LogP contribution is 2.38. The van der Waals surface area contributed by atoms with E-state index in [0.717, 1.165) is 0 Å². The van der Waals surface area contributed by atoms with Crippen molar-refractivity contribution in [2.24, 2.45) is 0 Å². The number of esters is 1. The first-order chi connectivity index (χ1) is 10.1. The summed E-state index contributed by atoms with van der Waals surface area (Å²) in [4.78, 5) is 25.7. The topological polar surface area (TPSA) is 77.6 Å². The fourth-order valence-electron chi connectivity index (χ4n) is 2.57. The van der Waals surface area contributed by atoms with Crippen LogP contribution in [0.4, 0.5) is 4.79 Å². The van der Waals surface area contributed by atoms with Crippen molar-refractivity contribution in [1.29, 1.82) is 0 Å². The molecule has 2 aliphatic rings. The van der Waals surface area contributed by atoms with Gasteiger partial charge in [0.1, 0.15) is 17.4 Å². The highest BCUT2D eigenvalue weighted by atomic mass is 16.6. The van der Waals surface area contributed by atoms with Crippen molar-refractivity contribution >= 4 is 12.1 Å². The minimum Gasteiger partial charge on any atom is -0.464 e. The molecule has 0 bridgehead atoms. The van der Waals surface area contributed by atoms with Gasteiger partial charge in [-0.25, -0.2) is 9.59 Å². The predicted molar refractivity (Wildman–Crippen MR) is 77.2 cm³/mol. The molecule has 2 heterocycles. The maximum Gasteiger partial charge on any atom is 0.412 e.